The standard InChI is InChI=1S/C20H30N6O.HI/c1-14(16-5-8-18(27-4)9-6-16)11-12-22-20(21-3)24-17-7-10-19-23-15(2)25-26(19)13-17;/h5-6,8-9,14,17H,7,10-13H2,1-4H3,(H2,21,22,24);1H. The number of aromatic nitrogens is 3. The van der Waals surface area contributed by atoms with E-state index in [1.54, 1.807) is 7.11 Å². The van der Waals surface area contributed by atoms with E-state index in [1.165, 1.54) is 5.56 Å². The second-order valence-corrected chi connectivity index (χ2v) is 7.10. The lowest BCUT2D eigenvalue weighted by Gasteiger charge is -2.25. The average Bonchev–Trinajstić information content (AvgIpc) is 3.06. The fourth-order valence-electron chi connectivity index (χ4n) is 3.45. The molecule has 2 unspecified atom stereocenters. The number of guanidine groups is 1. The van der Waals surface area contributed by atoms with Crippen molar-refractivity contribution >= 4 is 29.9 Å². The van der Waals surface area contributed by atoms with Crippen molar-refractivity contribution in [2.24, 2.45) is 4.99 Å². The minimum atomic E-state index is 0. The molecule has 7 nitrogen and oxygen atoms in total. The van der Waals surface area contributed by atoms with E-state index in [4.69, 9.17) is 4.74 Å². The van der Waals surface area contributed by atoms with Gasteiger partial charge < -0.3 is 15.4 Å². The summed E-state index contributed by atoms with van der Waals surface area (Å²) in [4.78, 5) is 8.83. The van der Waals surface area contributed by atoms with Crippen LogP contribution in [0.3, 0.4) is 0 Å². The number of aryl methyl sites for hydroxylation is 2. The Morgan fingerprint density at radius 2 is 2.11 bits per heavy atom. The molecule has 0 bridgehead atoms. The van der Waals surface area contributed by atoms with E-state index in [1.807, 2.05) is 30.8 Å². The molecule has 2 heterocycles. The second kappa shape index (κ2) is 10.6. The van der Waals surface area contributed by atoms with Crippen LogP contribution in [0.25, 0.3) is 0 Å². The van der Waals surface area contributed by atoms with E-state index in [9.17, 15) is 0 Å². The fraction of sp³-hybridized carbons (Fsp3) is 0.550. The van der Waals surface area contributed by atoms with Gasteiger partial charge in [0.25, 0.3) is 0 Å². The predicted molar refractivity (Wildman–Crippen MR) is 123 cm³/mol. The number of aliphatic imine (C=N–C) groups is 1. The van der Waals surface area contributed by atoms with Gasteiger partial charge in [-0.05, 0) is 43.4 Å². The lowest BCUT2D eigenvalue weighted by molar-refractivity contribution is 0.392. The largest absolute Gasteiger partial charge is 0.497 e. The van der Waals surface area contributed by atoms with Gasteiger partial charge >= 0.3 is 0 Å². The van der Waals surface area contributed by atoms with E-state index in [0.29, 0.717) is 12.0 Å². The summed E-state index contributed by atoms with van der Waals surface area (Å²) in [6.07, 6.45) is 3.02. The van der Waals surface area contributed by atoms with E-state index in [-0.39, 0.29) is 24.0 Å². The first kappa shape index (κ1) is 22.4. The molecule has 2 atom stereocenters. The van der Waals surface area contributed by atoms with Crippen LogP contribution in [0.15, 0.2) is 29.3 Å². The quantitative estimate of drug-likeness (QED) is 0.364. The molecule has 8 heteroatoms. The minimum absolute atomic E-state index is 0. The predicted octanol–water partition coefficient (Wildman–Crippen LogP) is 2.89. The molecular formula is C20H31IN6O. The number of fused-ring (bicyclic) bond motifs is 1. The third kappa shape index (κ3) is 5.83. The summed E-state index contributed by atoms with van der Waals surface area (Å²) in [5.74, 6) is 4.15. The number of rotatable bonds is 6. The Hall–Kier alpha value is -1.84. The fourth-order valence-corrected chi connectivity index (χ4v) is 3.45. The molecule has 28 heavy (non-hydrogen) atoms. The highest BCUT2D eigenvalue weighted by molar-refractivity contribution is 14.0. The van der Waals surface area contributed by atoms with Gasteiger partial charge in [0.05, 0.1) is 13.7 Å². The van der Waals surface area contributed by atoms with Crippen LogP contribution in [0.2, 0.25) is 0 Å². The van der Waals surface area contributed by atoms with Crippen molar-refractivity contribution in [2.45, 2.75) is 51.6 Å². The van der Waals surface area contributed by atoms with Gasteiger partial charge in [-0.25, -0.2) is 9.67 Å². The minimum Gasteiger partial charge on any atom is -0.497 e. The monoisotopic (exact) mass is 498 g/mol. The zero-order valence-corrected chi connectivity index (χ0v) is 19.4. The van der Waals surface area contributed by atoms with Crippen molar-refractivity contribution in [1.82, 2.24) is 25.4 Å². The van der Waals surface area contributed by atoms with E-state index in [0.717, 1.165) is 55.7 Å². The normalized spacial score (nSPS) is 17.3. The molecule has 0 fully saturated rings. The molecule has 2 N–H and O–H groups in total. The van der Waals surface area contributed by atoms with E-state index < -0.39 is 0 Å². The van der Waals surface area contributed by atoms with Crippen molar-refractivity contribution < 1.29 is 4.74 Å². The number of ether oxygens (including phenoxy) is 1. The zero-order valence-electron chi connectivity index (χ0n) is 17.1. The highest BCUT2D eigenvalue weighted by Crippen LogP contribution is 2.21. The summed E-state index contributed by atoms with van der Waals surface area (Å²) in [7, 11) is 3.51. The summed E-state index contributed by atoms with van der Waals surface area (Å²) in [6, 6.07) is 8.63. The van der Waals surface area contributed by atoms with Gasteiger partial charge in [0.2, 0.25) is 0 Å². The lowest BCUT2D eigenvalue weighted by atomic mass is 9.98. The van der Waals surface area contributed by atoms with Crippen LogP contribution in [0.4, 0.5) is 0 Å². The first-order chi connectivity index (χ1) is 13.1. The van der Waals surface area contributed by atoms with Crippen LogP contribution in [0, 0.1) is 6.92 Å². The Morgan fingerprint density at radius 3 is 2.79 bits per heavy atom. The Labute approximate surface area is 184 Å². The molecule has 0 spiro atoms. The Morgan fingerprint density at radius 1 is 1.36 bits per heavy atom. The number of benzene rings is 1. The average molecular weight is 498 g/mol. The smallest absolute Gasteiger partial charge is 0.191 e. The molecule has 1 aromatic carbocycles. The summed E-state index contributed by atoms with van der Waals surface area (Å²) in [6.45, 7) is 5.89. The SMILES string of the molecule is CN=C(NCCC(C)c1ccc(OC)cc1)NC1CCc2nc(C)nn2C1.I. The second-order valence-electron chi connectivity index (χ2n) is 7.10. The maximum Gasteiger partial charge on any atom is 0.191 e. The van der Waals surface area contributed by atoms with Crippen molar-refractivity contribution in [3.63, 3.8) is 0 Å². The van der Waals surface area contributed by atoms with Crippen molar-refractivity contribution in [3.05, 3.63) is 41.5 Å². The van der Waals surface area contributed by atoms with Gasteiger partial charge in [0.1, 0.15) is 17.4 Å². The van der Waals surface area contributed by atoms with E-state index >= 15 is 0 Å². The molecule has 1 aliphatic heterocycles. The molecule has 2 aromatic rings. The van der Waals surface area contributed by atoms with Gasteiger partial charge in [0.15, 0.2) is 5.96 Å². The van der Waals surface area contributed by atoms with Crippen LogP contribution in [0.5, 0.6) is 5.75 Å². The number of halogens is 1. The molecular weight excluding hydrogens is 467 g/mol. The molecule has 0 saturated carbocycles. The Bertz CT molecular complexity index is 774. The van der Waals surface area contributed by atoms with Crippen molar-refractivity contribution in [1.29, 1.82) is 0 Å². The maximum atomic E-state index is 5.23. The molecule has 0 radical (unpaired) electrons. The van der Waals surface area contributed by atoms with Crippen LogP contribution in [0.1, 0.15) is 42.9 Å². The highest BCUT2D eigenvalue weighted by Gasteiger charge is 2.21. The summed E-state index contributed by atoms with van der Waals surface area (Å²) < 4.78 is 7.23. The van der Waals surface area contributed by atoms with E-state index in [2.05, 4.69) is 44.8 Å². The first-order valence-corrected chi connectivity index (χ1v) is 9.60. The Kier molecular flexibility index (Phi) is 8.53. The Balaban J connectivity index is 0.00000280. The van der Waals surface area contributed by atoms with Crippen LogP contribution < -0.4 is 15.4 Å². The molecule has 1 aliphatic rings. The van der Waals surface area contributed by atoms with Gasteiger partial charge in [0, 0.05) is 26.1 Å². The molecule has 1 aromatic heterocycles. The molecule has 3 rings (SSSR count). The van der Waals surface area contributed by atoms with Crippen molar-refractivity contribution in [3.8, 4) is 5.75 Å². The number of nitrogens with zero attached hydrogens (tertiary/aromatic N) is 4. The summed E-state index contributed by atoms with van der Waals surface area (Å²) in [5.41, 5.74) is 1.32. The van der Waals surface area contributed by atoms with Gasteiger partial charge in [-0.15, -0.1) is 24.0 Å². The number of nitrogens with one attached hydrogen (secondary N) is 2. The maximum absolute atomic E-state index is 5.23. The van der Waals surface area contributed by atoms with Gasteiger partial charge in [-0.2, -0.15) is 5.10 Å². The van der Waals surface area contributed by atoms with Gasteiger partial charge in [-0.3, -0.25) is 4.99 Å². The highest BCUT2D eigenvalue weighted by atomic mass is 127. The number of methoxy groups -OCH3 is 1. The van der Waals surface area contributed by atoms with Crippen LogP contribution in [-0.2, 0) is 13.0 Å². The molecule has 154 valence electrons. The first-order valence-electron chi connectivity index (χ1n) is 9.60. The number of hydrogen-bond acceptors (Lipinski definition) is 4. The van der Waals surface area contributed by atoms with Crippen molar-refractivity contribution in [2.75, 3.05) is 20.7 Å². The zero-order chi connectivity index (χ0) is 19.2. The molecule has 0 saturated heterocycles. The lowest BCUT2D eigenvalue weighted by Crippen LogP contribution is -2.47. The topological polar surface area (TPSA) is 76.4 Å². The third-order valence-corrected chi connectivity index (χ3v) is 5.08. The summed E-state index contributed by atoms with van der Waals surface area (Å²) >= 11 is 0. The molecule has 0 amide bonds. The van der Waals surface area contributed by atoms with Crippen LogP contribution >= 0.6 is 24.0 Å². The molecule has 0 aliphatic carbocycles. The number of hydrogen-bond donors (Lipinski definition) is 2. The summed E-state index contributed by atoms with van der Waals surface area (Å²) in [5, 5.41) is 11.4. The van der Waals surface area contributed by atoms with Crippen LogP contribution in [-0.4, -0.2) is 47.5 Å². The van der Waals surface area contributed by atoms with Gasteiger partial charge in [-0.1, -0.05) is 19.1 Å². The third-order valence-electron chi connectivity index (χ3n) is 5.08.